The van der Waals surface area contributed by atoms with Crippen molar-refractivity contribution in [1.82, 2.24) is 5.32 Å². The van der Waals surface area contributed by atoms with Gasteiger partial charge in [0.05, 0.1) is 0 Å². The maximum atomic E-state index is 11.1. The van der Waals surface area contributed by atoms with Gasteiger partial charge in [-0.15, -0.1) is 0 Å². The zero-order valence-corrected chi connectivity index (χ0v) is 14.4. The zero-order valence-electron chi connectivity index (χ0n) is 12.2. The molecule has 23 heavy (non-hydrogen) atoms. The molecule has 5 nitrogen and oxygen atoms in total. The Morgan fingerprint density at radius 2 is 1.70 bits per heavy atom. The third-order valence-electron chi connectivity index (χ3n) is 3.20. The summed E-state index contributed by atoms with van der Waals surface area (Å²) >= 11 is 1.52. The zero-order chi connectivity index (χ0) is 16.7. The second-order valence-corrected chi connectivity index (χ2v) is 5.91. The van der Waals surface area contributed by atoms with E-state index in [0.717, 1.165) is 11.1 Å². The second-order valence-electron chi connectivity index (χ2n) is 4.93. The Morgan fingerprint density at radius 3 is 2.26 bits per heavy atom. The summed E-state index contributed by atoms with van der Waals surface area (Å²) in [6.07, 6.45) is 0.225. The average molecular weight is 425 g/mol. The minimum atomic E-state index is -1.06. The highest BCUT2D eigenvalue weighted by Crippen LogP contribution is 2.15. The van der Waals surface area contributed by atoms with Crippen molar-refractivity contribution in [3.8, 4) is 5.75 Å². The minimum absolute atomic E-state index is 0.225. The van der Waals surface area contributed by atoms with E-state index in [2.05, 4.69) is 5.32 Å². The highest BCUT2D eigenvalue weighted by molar-refractivity contribution is 14.1. The largest absolute Gasteiger partial charge is 0.489 e. The van der Waals surface area contributed by atoms with Gasteiger partial charge in [0.15, 0.2) is 0 Å². The SMILES string of the molecule is O=C(I)NC(Cc1ccc(OCc2ccccc2)cc1)C(=O)O. The minimum Gasteiger partial charge on any atom is -0.489 e. The first kappa shape index (κ1) is 17.3. The molecular weight excluding hydrogens is 409 g/mol. The van der Waals surface area contributed by atoms with Crippen molar-refractivity contribution in [2.75, 3.05) is 0 Å². The van der Waals surface area contributed by atoms with E-state index >= 15 is 0 Å². The van der Waals surface area contributed by atoms with Crippen LogP contribution in [0, 0.1) is 0 Å². The molecule has 0 saturated carbocycles. The second kappa shape index (κ2) is 8.52. The molecule has 0 bridgehead atoms. The molecule has 1 atom stereocenters. The summed E-state index contributed by atoms with van der Waals surface area (Å²) in [6, 6.07) is 16.1. The molecule has 0 saturated heterocycles. The maximum absolute atomic E-state index is 11.1. The smallest absolute Gasteiger partial charge is 0.326 e. The van der Waals surface area contributed by atoms with Crippen molar-refractivity contribution < 1.29 is 19.4 Å². The van der Waals surface area contributed by atoms with Crippen LogP contribution in [0.3, 0.4) is 0 Å². The normalized spacial score (nSPS) is 11.5. The van der Waals surface area contributed by atoms with E-state index in [1.54, 1.807) is 24.3 Å². The number of nitrogens with one attached hydrogen (secondary N) is 1. The van der Waals surface area contributed by atoms with E-state index in [0.29, 0.717) is 12.4 Å². The third kappa shape index (κ3) is 5.90. The van der Waals surface area contributed by atoms with Crippen molar-refractivity contribution in [1.29, 1.82) is 0 Å². The van der Waals surface area contributed by atoms with Crippen molar-refractivity contribution >= 4 is 32.5 Å². The Balaban J connectivity index is 1.93. The molecular formula is C17H16INO4. The molecule has 0 aromatic heterocycles. The van der Waals surface area contributed by atoms with Crippen LogP contribution in [-0.2, 0) is 17.8 Å². The van der Waals surface area contributed by atoms with Gasteiger partial charge in [0.25, 0.3) is 3.91 Å². The van der Waals surface area contributed by atoms with Gasteiger partial charge >= 0.3 is 5.97 Å². The van der Waals surface area contributed by atoms with Crippen LogP contribution in [0.5, 0.6) is 5.75 Å². The fourth-order valence-electron chi connectivity index (χ4n) is 2.04. The molecule has 0 radical (unpaired) electrons. The molecule has 2 rings (SSSR count). The number of ether oxygens (including phenoxy) is 1. The van der Waals surface area contributed by atoms with Crippen LogP contribution in [0.25, 0.3) is 0 Å². The van der Waals surface area contributed by atoms with Crippen LogP contribution in [0.1, 0.15) is 11.1 Å². The molecule has 2 N–H and O–H groups in total. The van der Waals surface area contributed by atoms with Crippen LogP contribution < -0.4 is 10.1 Å². The number of hydrogen-bond acceptors (Lipinski definition) is 3. The van der Waals surface area contributed by atoms with Crippen LogP contribution >= 0.6 is 22.6 Å². The molecule has 1 amide bonds. The molecule has 0 fully saturated rings. The summed E-state index contributed by atoms with van der Waals surface area (Å²) in [5, 5.41) is 11.5. The molecule has 0 spiro atoms. The monoisotopic (exact) mass is 425 g/mol. The van der Waals surface area contributed by atoms with Crippen LogP contribution in [0.15, 0.2) is 54.6 Å². The number of carboxylic acid groups (broad SMARTS) is 1. The Labute approximate surface area is 147 Å². The van der Waals surface area contributed by atoms with Gasteiger partial charge in [-0.3, -0.25) is 4.79 Å². The van der Waals surface area contributed by atoms with Gasteiger partial charge < -0.3 is 15.2 Å². The van der Waals surface area contributed by atoms with Gasteiger partial charge in [-0.25, -0.2) is 4.79 Å². The summed E-state index contributed by atoms with van der Waals surface area (Å²) in [7, 11) is 0. The van der Waals surface area contributed by atoms with Crippen LogP contribution in [-0.4, -0.2) is 21.0 Å². The Hall–Kier alpha value is -2.09. The summed E-state index contributed by atoms with van der Waals surface area (Å²) in [5.74, 6) is -0.346. The maximum Gasteiger partial charge on any atom is 0.326 e. The molecule has 2 aromatic rings. The standard InChI is InChI=1S/C17H16INO4/c18-17(22)19-15(16(20)21)10-12-6-8-14(9-7-12)23-11-13-4-2-1-3-5-13/h1-9,15H,10-11H2,(H,19,22)(H,20,21). The fourth-order valence-corrected chi connectivity index (χ4v) is 2.41. The summed E-state index contributed by atoms with van der Waals surface area (Å²) in [6.45, 7) is 0.475. The Morgan fingerprint density at radius 1 is 1.04 bits per heavy atom. The molecule has 0 aliphatic rings. The predicted molar refractivity (Wildman–Crippen MR) is 94.9 cm³/mol. The van der Waals surface area contributed by atoms with Crippen LogP contribution in [0.2, 0.25) is 0 Å². The first-order chi connectivity index (χ1) is 11.0. The number of amides is 1. The lowest BCUT2D eigenvalue weighted by Crippen LogP contribution is -2.39. The first-order valence-electron chi connectivity index (χ1n) is 6.99. The average Bonchev–Trinajstić information content (AvgIpc) is 2.54. The van der Waals surface area contributed by atoms with Gasteiger partial charge in [-0.1, -0.05) is 42.5 Å². The number of benzene rings is 2. The molecule has 0 heterocycles. The van der Waals surface area contributed by atoms with E-state index in [-0.39, 0.29) is 6.42 Å². The van der Waals surface area contributed by atoms with Gasteiger partial charge in [-0.05, 0) is 23.3 Å². The predicted octanol–water partition coefficient (Wildman–Crippen LogP) is 3.41. The number of rotatable bonds is 7. The Kier molecular flexibility index (Phi) is 6.40. The molecule has 6 heteroatoms. The molecule has 0 aliphatic heterocycles. The van der Waals surface area contributed by atoms with Crippen molar-refractivity contribution in [3.05, 3.63) is 65.7 Å². The van der Waals surface area contributed by atoms with E-state index in [9.17, 15) is 9.59 Å². The molecule has 0 aliphatic carbocycles. The van der Waals surface area contributed by atoms with Gasteiger partial charge in [-0.2, -0.15) is 0 Å². The summed E-state index contributed by atoms with van der Waals surface area (Å²) < 4.78 is 5.29. The lowest BCUT2D eigenvalue weighted by Gasteiger charge is -2.13. The third-order valence-corrected chi connectivity index (χ3v) is 3.51. The lowest BCUT2D eigenvalue weighted by molar-refractivity contribution is -0.139. The highest BCUT2D eigenvalue weighted by atomic mass is 127. The van der Waals surface area contributed by atoms with Gasteiger partial charge in [0, 0.05) is 29.0 Å². The molecule has 2 aromatic carbocycles. The quantitative estimate of drug-likeness (QED) is 0.405. The van der Waals surface area contributed by atoms with Crippen molar-refractivity contribution in [2.24, 2.45) is 0 Å². The first-order valence-corrected chi connectivity index (χ1v) is 8.07. The summed E-state index contributed by atoms with van der Waals surface area (Å²) in [5.41, 5.74) is 1.89. The van der Waals surface area contributed by atoms with Crippen molar-refractivity contribution in [3.63, 3.8) is 0 Å². The number of carbonyl (C=O) groups excluding carboxylic acids is 1. The number of aliphatic carboxylic acids is 1. The highest BCUT2D eigenvalue weighted by Gasteiger charge is 2.19. The van der Waals surface area contributed by atoms with E-state index in [4.69, 9.17) is 9.84 Å². The number of hydrogen-bond donors (Lipinski definition) is 2. The van der Waals surface area contributed by atoms with Crippen molar-refractivity contribution in [2.45, 2.75) is 19.1 Å². The lowest BCUT2D eigenvalue weighted by atomic mass is 10.1. The van der Waals surface area contributed by atoms with E-state index in [1.165, 1.54) is 22.6 Å². The van der Waals surface area contributed by atoms with E-state index < -0.39 is 15.9 Å². The fraction of sp³-hybridized carbons (Fsp3) is 0.176. The number of halogens is 1. The topological polar surface area (TPSA) is 75.6 Å². The molecule has 120 valence electrons. The number of carboxylic acids is 1. The Bertz CT molecular complexity index is 658. The van der Waals surface area contributed by atoms with Gasteiger partial charge in [0.1, 0.15) is 18.4 Å². The number of carbonyl (C=O) groups is 2. The summed E-state index contributed by atoms with van der Waals surface area (Å²) in [4.78, 5) is 22.1. The molecule has 1 unspecified atom stereocenters. The van der Waals surface area contributed by atoms with Gasteiger partial charge in [0.2, 0.25) is 0 Å². The van der Waals surface area contributed by atoms with E-state index in [1.807, 2.05) is 30.3 Å². The van der Waals surface area contributed by atoms with Crippen LogP contribution in [0.4, 0.5) is 4.79 Å².